The van der Waals surface area contributed by atoms with Crippen LogP contribution in [0.25, 0.3) is 0 Å². The summed E-state index contributed by atoms with van der Waals surface area (Å²) in [4.78, 5) is 25.8. The number of nitrogens with one attached hydrogen (secondary N) is 1. The van der Waals surface area contributed by atoms with Crippen LogP contribution in [-0.2, 0) is 11.3 Å². The molecule has 7 heteroatoms. The molecule has 130 valence electrons. The molecule has 1 unspecified atom stereocenters. The summed E-state index contributed by atoms with van der Waals surface area (Å²) in [6.45, 7) is 5.30. The van der Waals surface area contributed by atoms with Crippen molar-refractivity contribution in [1.82, 2.24) is 10.2 Å². The predicted octanol–water partition coefficient (Wildman–Crippen LogP) is 2.97. The fourth-order valence-corrected chi connectivity index (χ4v) is 3.20. The third kappa shape index (κ3) is 3.43. The van der Waals surface area contributed by atoms with Gasteiger partial charge in [-0.15, -0.1) is 0 Å². The second kappa shape index (κ2) is 6.89. The van der Waals surface area contributed by atoms with Gasteiger partial charge < -0.3 is 14.8 Å². The Kier molecular flexibility index (Phi) is 4.85. The number of fused-ring (bicyclic) bond motifs is 1. The number of urea groups is 1. The highest BCUT2D eigenvalue weighted by Gasteiger charge is 2.38. The number of rotatable bonds is 4. The minimum absolute atomic E-state index is 0.162. The number of amides is 3. The van der Waals surface area contributed by atoms with Crippen molar-refractivity contribution in [3.05, 3.63) is 22.7 Å². The van der Waals surface area contributed by atoms with Gasteiger partial charge in [-0.2, -0.15) is 0 Å². The Morgan fingerprint density at radius 2 is 2.04 bits per heavy atom. The van der Waals surface area contributed by atoms with Crippen molar-refractivity contribution in [1.29, 1.82) is 0 Å². The molecule has 2 aliphatic heterocycles. The SMILES string of the molecule is CC(C)CC1NC(=O)N(Cc2cc(Cl)c3c(c2)OCCCO3)C1=O. The zero-order chi connectivity index (χ0) is 17.3. The van der Waals surface area contributed by atoms with Gasteiger partial charge in [-0.1, -0.05) is 25.4 Å². The Labute approximate surface area is 146 Å². The fraction of sp³-hybridized carbons (Fsp3) is 0.529. The third-order valence-corrected chi connectivity index (χ3v) is 4.30. The Hall–Kier alpha value is -1.95. The summed E-state index contributed by atoms with van der Waals surface area (Å²) in [5, 5.41) is 3.17. The highest BCUT2D eigenvalue weighted by Crippen LogP contribution is 2.38. The lowest BCUT2D eigenvalue weighted by Gasteiger charge is -2.16. The maximum absolute atomic E-state index is 12.4. The standard InChI is InChI=1S/C17H21ClN2O4/c1-10(2)6-13-16(21)20(17(22)19-13)9-11-7-12(18)15-14(8-11)23-4-3-5-24-15/h7-8,10,13H,3-6,9H2,1-2H3,(H,19,22). The van der Waals surface area contributed by atoms with E-state index in [2.05, 4.69) is 5.32 Å². The Morgan fingerprint density at radius 3 is 2.79 bits per heavy atom. The Morgan fingerprint density at radius 1 is 1.29 bits per heavy atom. The molecule has 0 aliphatic carbocycles. The Balaban J connectivity index is 1.79. The number of hydrogen-bond donors (Lipinski definition) is 1. The first-order valence-electron chi connectivity index (χ1n) is 8.15. The van der Waals surface area contributed by atoms with Gasteiger partial charge in [0.25, 0.3) is 5.91 Å². The molecular formula is C17H21ClN2O4. The van der Waals surface area contributed by atoms with Crippen LogP contribution < -0.4 is 14.8 Å². The monoisotopic (exact) mass is 352 g/mol. The van der Waals surface area contributed by atoms with Gasteiger partial charge in [-0.25, -0.2) is 4.79 Å². The van der Waals surface area contributed by atoms with Gasteiger partial charge in [0.15, 0.2) is 11.5 Å². The second-order valence-corrected chi connectivity index (χ2v) is 6.92. The van der Waals surface area contributed by atoms with Crippen LogP contribution in [0.4, 0.5) is 4.79 Å². The smallest absolute Gasteiger partial charge is 0.325 e. The van der Waals surface area contributed by atoms with Crippen molar-refractivity contribution in [2.24, 2.45) is 5.92 Å². The van der Waals surface area contributed by atoms with Crippen molar-refractivity contribution >= 4 is 23.5 Å². The summed E-state index contributed by atoms with van der Waals surface area (Å²) >= 11 is 6.27. The van der Waals surface area contributed by atoms with Crippen molar-refractivity contribution < 1.29 is 19.1 Å². The zero-order valence-corrected chi connectivity index (χ0v) is 14.6. The van der Waals surface area contributed by atoms with E-state index < -0.39 is 6.04 Å². The molecule has 1 N–H and O–H groups in total. The maximum Gasteiger partial charge on any atom is 0.325 e. The summed E-state index contributed by atoms with van der Waals surface area (Å²) < 4.78 is 11.2. The number of ether oxygens (including phenoxy) is 2. The first kappa shape index (κ1) is 16.9. The van der Waals surface area contributed by atoms with Crippen LogP contribution in [0.3, 0.4) is 0 Å². The number of carbonyl (C=O) groups is 2. The largest absolute Gasteiger partial charge is 0.489 e. The number of nitrogens with zero attached hydrogens (tertiary/aromatic N) is 1. The van der Waals surface area contributed by atoms with Gasteiger partial charge in [0.1, 0.15) is 6.04 Å². The summed E-state index contributed by atoms with van der Waals surface area (Å²) in [6, 6.07) is 2.68. The maximum atomic E-state index is 12.4. The average molecular weight is 353 g/mol. The Bertz CT molecular complexity index is 662. The molecule has 0 radical (unpaired) electrons. The van der Waals surface area contributed by atoms with E-state index in [1.54, 1.807) is 12.1 Å². The molecule has 2 heterocycles. The molecular weight excluding hydrogens is 332 g/mol. The number of imide groups is 1. The molecule has 24 heavy (non-hydrogen) atoms. The van der Waals surface area contributed by atoms with E-state index in [1.807, 2.05) is 13.8 Å². The number of halogens is 1. The van der Waals surface area contributed by atoms with Crippen LogP contribution in [0.2, 0.25) is 5.02 Å². The third-order valence-electron chi connectivity index (χ3n) is 4.02. The first-order chi connectivity index (χ1) is 11.5. The second-order valence-electron chi connectivity index (χ2n) is 6.51. The van der Waals surface area contributed by atoms with E-state index in [0.29, 0.717) is 42.1 Å². The van der Waals surface area contributed by atoms with Gasteiger partial charge in [0.2, 0.25) is 0 Å². The molecule has 1 aromatic rings. The van der Waals surface area contributed by atoms with Gasteiger partial charge in [0.05, 0.1) is 24.8 Å². The summed E-state index contributed by atoms with van der Waals surface area (Å²) in [5.74, 6) is 1.21. The van der Waals surface area contributed by atoms with E-state index in [1.165, 1.54) is 4.90 Å². The molecule has 1 saturated heterocycles. The molecule has 0 bridgehead atoms. The predicted molar refractivity (Wildman–Crippen MR) is 89.4 cm³/mol. The normalized spacial score (nSPS) is 20.3. The molecule has 1 atom stereocenters. The van der Waals surface area contributed by atoms with E-state index >= 15 is 0 Å². The molecule has 0 saturated carbocycles. The van der Waals surface area contributed by atoms with Gasteiger partial charge in [-0.3, -0.25) is 9.69 Å². The van der Waals surface area contributed by atoms with E-state index in [4.69, 9.17) is 21.1 Å². The molecule has 0 aromatic heterocycles. The van der Waals surface area contributed by atoms with Gasteiger partial charge >= 0.3 is 6.03 Å². The lowest BCUT2D eigenvalue weighted by atomic mass is 10.0. The van der Waals surface area contributed by atoms with Crippen LogP contribution in [0.1, 0.15) is 32.3 Å². The van der Waals surface area contributed by atoms with Crippen LogP contribution in [0.15, 0.2) is 12.1 Å². The minimum atomic E-state index is -0.451. The summed E-state index contributed by atoms with van der Waals surface area (Å²) in [6.07, 6.45) is 1.41. The molecule has 1 fully saturated rings. The number of benzene rings is 1. The number of carbonyl (C=O) groups excluding carboxylic acids is 2. The van der Waals surface area contributed by atoms with Crippen LogP contribution in [0.5, 0.6) is 11.5 Å². The minimum Gasteiger partial charge on any atom is -0.489 e. The van der Waals surface area contributed by atoms with Crippen LogP contribution in [0, 0.1) is 5.92 Å². The van der Waals surface area contributed by atoms with Crippen molar-refractivity contribution in [3.8, 4) is 11.5 Å². The van der Waals surface area contributed by atoms with Gasteiger partial charge in [-0.05, 0) is 30.0 Å². The molecule has 3 rings (SSSR count). The molecule has 3 amide bonds. The molecule has 1 aromatic carbocycles. The zero-order valence-electron chi connectivity index (χ0n) is 13.8. The molecule has 0 spiro atoms. The highest BCUT2D eigenvalue weighted by molar-refractivity contribution is 6.32. The van der Waals surface area contributed by atoms with Crippen LogP contribution >= 0.6 is 11.6 Å². The van der Waals surface area contributed by atoms with Crippen molar-refractivity contribution in [2.45, 2.75) is 39.3 Å². The van der Waals surface area contributed by atoms with Crippen LogP contribution in [-0.4, -0.2) is 36.1 Å². The van der Waals surface area contributed by atoms with E-state index in [0.717, 1.165) is 12.0 Å². The summed E-state index contributed by atoms with van der Waals surface area (Å²) in [5.41, 5.74) is 0.734. The lowest BCUT2D eigenvalue weighted by molar-refractivity contribution is -0.128. The first-order valence-corrected chi connectivity index (χ1v) is 8.53. The lowest BCUT2D eigenvalue weighted by Crippen LogP contribution is -2.31. The van der Waals surface area contributed by atoms with Crippen molar-refractivity contribution in [3.63, 3.8) is 0 Å². The topological polar surface area (TPSA) is 67.9 Å². The van der Waals surface area contributed by atoms with Gasteiger partial charge in [0, 0.05) is 6.42 Å². The van der Waals surface area contributed by atoms with E-state index in [-0.39, 0.29) is 18.5 Å². The highest BCUT2D eigenvalue weighted by atomic mass is 35.5. The quantitative estimate of drug-likeness (QED) is 0.846. The fourth-order valence-electron chi connectivity index (χ4n) is 2.92. The molecule has 6 nitrogen and oxygen atoms in total. The van der Waals surface area contributed by atoms with E-state index in [9.17, 15) is 9.59 Å². The summed E-state index contributed by atoms with van der Waals surface area (Å²) in [7, 11) is 0. The number of hydrogen-bond acceptors (Lipinski definition) is 4. The average Bonchev–Trinajstić information content (AvgIpc) is 2.70. The van der Waals surface area contributed by atoms with Crippen molar-refractivity contribution in [2.75, 3.05) is 13.2 Å². The molecule has 2 aliphatic rings.